The van der Waals surface area contributed by atoms with Gasteiger partial charge >= 0.3 is 18.1 Å². The van der Waals surface area contributed by atoms with Crippen LogP contribution in [0.15, 0.2) is 24.3 Å². The van der Waals surface area contributed by atoms with Gasteiger partial charge < -0.3 is 10.1 Å². The zero-order valence-electron chi connectivity index (χ0n) is 9.62. The number of hydrogen-bond donors (Lipinski definition) is 1. The van der Waals surface area contributed by atoms with Gasteiger partial charge in [-0.3, -0.25) is 9.59 Å². The summed E-state index contributed by atoms with van der Waals surface area (Å²) in [4.78, 5) is 21.6. The van der Waals surface area contributed by atoms with E-state index in [-0.39, 0.29) is 5.56 Å². The first kappa shape index (κ1) is 14.9. The number of ether oxygens (including phenoxy) is 1. The Morgan fingerprint density at radius 2 is 1.74 bits per heavy atom. The lowest BCUT2D eigenvalue weighted by Crippen LogP contribution is -2.40. The molecule has 0 unspecified atom stereocenters. The minimum atomic E-state index is -5.11. The van der Waals surface area contributed by atoms with Gasteiger partial charge in [0.25, 0.3) is 0 Å². The van der Waals surface area contributed by atoms with E-state index < -0.39 is 30.1 Å². The fraction of sp³-hybridized carbons (Fsp3) is 0.273. The lowest BCUT2D eigenvalue weighted by molar-refractivity contribution is -0.179. The number of rotatable bonds is 3. The topological polar surface area (TPSA) is 55.4 Å². The molecule has 104 valence electrons. The molecule has 0 aromatic heterocycles. The van der Waals surface area contributed by atoms with Crippen molar-refractivity contribution in [1.29, 1.82) is 0 Å². The van der Waals surface area contributed by atoms with Crippen molar-refractivity contribution >= 4 is 11.9 Å². The molecule has 0 bridgehead atoms. The molecule has 0 heterocycles. The first-order chi connectivity index (χ1) is 8.70. The molecule has 19 heavy (non-hydrogen) atoms. The molecule has 1 aromatic carbocycles. The second kappa shape index (κ2) is 5.68. The Labute approximate surface area is 105 Å². The van der Waals surface area contributed by atoms with Crippen LogP contribution in [0.5, 0.6) is 0 Å². The third kappa shape index (κ3) is 4.57. The maximum atomic E-state index is 12.7. The van der Waals surface area contributed by atoms with Crippen molar-refractivity contribution < 1.29 is 31.9 Å². The Kier molecular flexibility index (Phi) is 4.47. The van der Waals surface area contributed by atoms with Crippen LogP contribution in [0.4, 0.5) is 17.6 Å². The van der Waals surface area contributed by atoms with Crippen LogP contribution in [0.3, 0.4) is 0 Å². The quantitative estimate of drug-likeness (QED) is 0.523. The van der Waals surface area contributed by atoms with Crippen LogP contribution in [0.2, 0.25) is 0 Å². The van der Waals surface area contributed by atoms with Crippen LogP contribution in [-0.2, 0) is 14.3 Å². The highest BCUT2D eigenvalue weighted by Gasteiger charge is 2.40. The second-order valence-electron chi connectivity index (χ2n) is 3.51. The number of halogens is 4. The zero-order chi connectivity index (χ0) is 14.6. The molecular weight excluding hydrogens is 270 g/mol. The third-order valence-corrected chi connectivity index (χ3v) is 1.98. The Hall–Kier alpha value is -2.12. The zero-order valence-corrected chi connectivity index (χ0v) is 9.62. The standard InChI is InChI=1S/C11H9F4NO3/c1-6(17)19-9(16-10(18)11(13,14)15)7-2-4-8(12)5-3-7/h2-5,9H,1H3,(H,16,18)/t9-/m1/s1. The van der Waals surface area contributed by atoms with Crippen LogP contribution in [0.25, 0.3) is 0 Å². The first-order valence-corrected chi connectivity index (χ1v) is 5.00. The van der Waals surface area contributed by atoms with Gasteiger partial charge in [0, 0.05) is 12.5 Å². The summed E-state index contributed by atoms with van der Waals surface area (Å²) in [6.07, 6.45) is -6.74. The molecule has 0 saturated heterocycles. The molecule has 0 aliphatic heterocycles. The van der Waals surface area contributed by atoms with E-state index in [1.807, 2.05) is 0 Å². The van der Waals surface area contributed by atoms with E-state index in [4.69, 9.17) is 0 Å². The van der Waals surface area contributed by atoms with Crippen LogP contribution >= 0.6 is 0 Å². The number of hydrogen-bond acceptors (Lipinski definition) is 3. The number of nitrogens with one attached hydrogen (secondary N) is 1. The molecule has 0 radical (unpaired) electrons. The molecule has 1 aromatic rings. The number of carbonyl (C=O) groups is 2. The molecule has 0 fully saturated rings. The molecule has 8 heteroatoms. The molecule has 0 aliphatic rings. The number of benzene rings is 1. The van der Waals surface area contributed by atoms with Crippen molar-refractivity contribution in [1.82, 2.24) is 5.32 Å². The maximum Gasteiger partial charge on any atom is 0.471 e. The first-order valence-electron chi connectivity index (χ1n) is 5.00. The number of carbonyl (C=O) groups excluding carboxylic acids is 2. The molecule has 1 amide bonds. The van der Waals surface area contributed by atoms with E-state index in [0.29, 0.717) is 0 Å². The van der Waals surface area contributed by atoms with Crippen molar-refractivity contribution in [2.75, 3.05) is 0 Å². The van der Waals surface area contributed by atoms with Crippen LogP contribution in [0, 0.1) is 5.82 Å². The van der Waals surface area contributed by atoms with E-state index in [2.05, 4.69) is 4.74 Å². The summed E-state index contributed by atoms with van der Waals surface area (Å²) < 4.78 is 53.6. The Morgan fingerprint density at radius 1 is 1.21 bits per heavy atom. The normalized spacial score (nSPS) is 12.7. The fourth-order valence-corrected chi connectivity index (χ4v) is 1.19. The lowest BCUT2D eigenvalue weighted by Gasteiger charge is -2.19. The SMILES string of the molecule is CC(=O)O[C@@H](NC(=O)C(F)(F)F)c1ccc(F)cc1. The molecule has 0 spiro atoms. The summed E-state index contributed by atoms with van der Waals surface area (Å²) in [5, 5.41) is 1.49. The van der Waals surface area contributed by atoms with Crippen LogP contribution in [0.1, 0.15) is 18.7 Å². The predicted molar refractivity (Wildman–Crippen MR) is 55.1 cm³/mol. The van der Waals surface area contributed by atoms with Gasteiger partial charge in [-0.05, 0) is 12.1 Å². The smallest absolute Gasteiger partial charge is 0.437 e. The average molecular weight is 279 g/mol. The summed E-state index contributed by atoms with van der Waals surface area (Å²) in [7, 11) is 0. The summed E-state index contributed by atoms with van der Waals surface area (Å²) in [6.45, 7) is 0.969. The molecule has 4 nitrogen and oxygen atoms in total. The lowest BCUT2D eigenvalue weighted by atomic mass is 10.2. The van der Waals surface area contributed by atoms with Gasteiger partial charge in [0.2, 0.25) is 6.23 Å². The van der Waals surface area contributed by atoms with Crippen molar-refractivity contribution in [2.45, 2.75) is 19.3 Å². The predicted octanol–water partition coefficient (Wildman–Crippen LogP) is 2.07. The van der Waals surface area contributed by atoms with Gasteiger partial charge in [-0.15, -0.1) is 0 Å². The molecule has 1 atom stereocenters. The van der Waals surface area contributed by atoms with Gasteiger partial charge in [0.15, 0.2) is 0 Å². The molecular formula is C11H9F4NO3. The number of alkyl halides is 3. The average Bonchev–Trinajstić information content (AvgIpc) is 2.27. The van der Waals surface area contributed by atoms with E-state index in [9.17, 15) is 27.2 Å². The fourth-order valence-electron chi connectivity index (χ4n) is 1.19. The van der Waals surface area contributed by atoms with Crippen LogP contribution < -0.4 is 5.32 Å². The monoisotopic (exact) mass is 279 g/mol. The largest absolute Gasteiger partial charge is 0.471 e. The molecule has 0 saturated carbocycles. The van der Waals surface area contributed by atoms with Crippen molar-refractivity contribution in [3.05, 3.63) is 35.6 Å². The molecule has 1 rings (SSSR count). The van der Waals surface area contributed by atoms with Gasteiger partial charge in [-0.1, -0.05) is 12.1 Å². The Bertz CT molecular complexity index is 470. The summed E-state index contributed by atoms with van der Waals surface area (Å²) >= 11 is 0. The van der Waals surface area contributed by atoms with Gasteiger partial charge in [0.05, 0.1) is 0 Å². The minimum Gasteiger partial charge on any atom is -0.437 e. The number of esters is 1. The van der Waals surface area contributed by atoms with Crippen molar-refractivity contribution in [2.24, 2.45) is 0 Å². The van der Waals surface area contributed by atoms with Gasteiger partial charge in [-0.2, -0.15) is 13.2 Å². The summed E-state index contributed by atoms with van der Waals surface area (Å²) in [5.74, 6) is -3.77. The van der Waals surface area contributed by atoms with Crippen LogP contribution in [-0.4, -0.2) is 18.1 Å². The van der Waals surface area contributed by atoms with Crippen molar-refractivity contribution in [3.63, 3.8) is 0 Å². The van der Waals surface area contributed by atoms with E-state index in [0.717, 1.165) is 31.2 Å². The molecule has 0 aliphatic carbocycles. The molecule has 1 N–H and O–H groups in total. The third-order valence-electron chi connectivity index (χ3n) is 1.98. The summed E-state index contributed by atoms with van der Waals surface area (Å²) in [6, 6.07) is 4.12. The van der Waals surface area contributed by atoms with E-state index in [1.54, 1.807) is 0 Å². The summed E-state index contributed by atoms with van der Waals surface area (Å²) in [5.41, 5.74) is 0.00852. The van der Waals surface area contributed by atoms with E-state index in [1.165, 1.54) is 5.32 Å². The van der Waals surface area contributed by atoms with Crippen molar-refractivity contribution in [3.8, 4) is 0 Å². The highest BCUT2D eigenvalue weighted by molar-refractivity contribution is 5.82. The number of amides is 1. The maximum absolute atomic E-state index is 12.7. The van der Waals surface area contributed by atoms with Gasteiger partial charge in [0.1, 0.15) is 5.82 Å². The highest BCUT2D eigenvalue weighted by atomic mass is 19.4. The van der Waals surface area contributed by atoms with Gasteiger partial charge in [-0.25, -0.2) is 4.39 Å². The Balaban J connectivity index is 2.92. The van der Waals surface area contributed by atoms with E-state index >= 15 is 0 Å². The Morgan fingerprint density at radius 3 is 2.16 bits per heavy atom. The highest BCUT2D eigenvalue weighted by Crippen LogP contribution is 2.20. The minimum absolute atomic E-state index is 0.00852. The second-order valence-corrected chi connectivity index (χ2v) is 3.51.